The number of methoxy groups -OCH3 is 2. The van der Waals surface area contributed by atoms with Crippen molar-refractivity contribution in [2.24, 2.45) is 10.2 Å². The van der Waals surface area contributed by atoms with E-state index in [0.29, 0.717) is 11.3 Å². The van der Waals surface area contributed by atoms with Gasteiger partial charge in [0.15, 0.2) is 11.5 Å². The molecule has 36 heavy (non-hydrogen) atoms. The zero-order valence-corrected chi connectivity index (χ0v) is 19.8. The molecule has 0 fully saturated rings. The molecule has 0 aliphatic carbocycles. The number of benzene rings is 3. The number of rotatable bonds is 8. The molecule has 0 aliphatic heterocycles. The van der Waals surface area contributed by atoms with Crippen LogP contribution in [-0.4, -0.2) is 44.2 Å². The topological polar surface area (TPSA) is 139 Å². The number of esters is 2. The first-order chi connectivity index (χ1) is 17.4. The molecular formula is C26H24N4O6. The molecule has 3 rings (SSSR count). The monoisotopic (exact) mass is 488 g/mol. The predicted octanol–water partition coefficient (Wildman–Crippen LogP) is 4.95. The molecule has 3 N–H and O–H groups in total. The van der Waals surface area contributed by atoms with Gasteiger partial charge in [-0.2, -0.15) is 0 Å². The average molecular weight is 489 g/mol. The summed E-state index contributed by atoms with van der Waals surface area (Å²) in [6, 6.07) is 19.2. The van der Waals surface area contributed by atoms with Crippen LogP contribution < -0.4 is 10.6 Å². The Balaban J connectivity index is 2.10. The number of aliphatic hydroxyl groups is 1. The summed E-state index contributed by atoms with van der Waals surface area (Å²) in [5.74, 6) is -2.58. The van der Waals surface area contributed by atoms with Gasteiger partial charge < -0.3 is 25.2 Å². The van der Waals surface area contributed by atoms with Gasteiger partial charge in [0, 0.05) is 24.0 Å². The maximum absolute atomic E-state index is 13.1. The van der Waals surface area contributed by atoms with E-state index in [4.69, 9.17) is 9.47 Å². The fraction of sp³-hybridized carbons (Fsp3) is 0.115. The number of azo groups is 1. The van der Waals surface area contributed by atoms with E-state index in [1.54, 1.807) is 61.6 Å². The second-order valence-electron chi connectivity index (χ2n) is 7.26. The minimum atomic E-state index is -0.746. The number of hydrogen-bond acceptors (Lipinski definition) is 9. The van der Waals surface area contributed by atoms with Crippen LogP contribution in [0.2, 0.25) is 0 Å². The number of aliphatic hydroxyl groups excluding tert-OH is 1. The number of nitrogens with one attached hydrogen (secondary N) is 2. The highest BCUT2D eigenvalue weighted by Gasteiger charge is 2.20. The zero-order valence-electron chi connectivity index (χ0n) is 19.8. The van der Waals surface area contributed by atoms with Gasteiger partial charge in [0.05, 0.1) is 25.3 Å². The van der Waals surface area contributed by atoms with E-state index in [2.05, 4.69) is 20.9 Å². The number of anilines is 2. The highest BCUT2D eigenvalue weighted by molar-refractivity contribution is 6.07. The zero-order chi connectivity index (χ0) is 26.1. The Morgan fingerprint density at radius 2 is 1.44 bits per heavy atom. The van der Waals surface area contributed by atoms with E-state index in [-0.39, 0.29) is 16.8 Å². The molecule has 0 saturated carbocycles. The van der Waals surface area contributed by atoms with Crippen LogP contribution in [0, 0.1) is 0 Å². The third-order valence-electron chi connectivity index (χ3n) is 5.00. The van der Waals surface area contributed by atoms with Crippen molar-refractivity contribution in [2.45, 2.75) is 0 Å². The molecule has 0 saturated heterocycles. The first kappa shape index (κ1) is 25.6. The number of hydrogen-bond donors (Lipinski definition) is 3. The van der Waals surface area contributed by atoms with Crippen molar-refractivity contribution >= 4 is 40.7 Å². The number of amides is 1. The van der Waals surface area contributed by atoms with Crippen molar-refractivity contribution < 1.29 is 29.0 Å². The van der Waals surface area contributed by atoms with Gasteiger partial charge in [-0.15, -0.1) is 10.2 Å². The lowest BCUT2D eigenvalue weighted by Crippen LogP contribution is -2.15. The molecule has 0 bridgehead atoms. The molecule has 3 aromatic carbocycles. The summed E-state index contributed by atoms with van der Waals surface area (Å²) in [5.41, 5.74) is 1.19. The Kier molecular flexibility index (Phi) is 8.49. The Hall–Kier alpha value is -4.99. The Morgan fingerprint density at radius 3 is 2.06 bits per heavy atom. The summed E-state index contributed by atoms with van der Waals surface area (Å²) in [4.78, 5) is 37.3. The van der Waals surface area contributed by atoms with Crippen molar-refractivity contribution in [3.8, 4) is 0 Å². The summed E-state index contributed by atoms with van der Waals surface area (Å²) in [5, 5.41) is 24.6. The third kappa shape index (κ3) is 6.11. The van der Waals surface area contributed by atoms with Gasteiger partial charge in [-0.05, 0) is 54.6 Å². The minimum absolute atomic E-state index is 0.00502. The number of para-hydroxylation sites is 1. The standard InChI is InChI=1S/C26H24N4O6/c1-27-18-12-9-16(10-13-18)23(31)22(24(32)28-19-7-5-4-6-8-19)30-29-21-15-17(25(33)35-2)11-14-20(21)26(34)36-3/h4-15,27,31H,1-3H3,(H,28,32). The molecule has 3 aromatic rings. The van der Waals surface area contributed by atoms with Crippen molar-refractivity contribution in [3.05, 3.63) is 95.2 Å². The predicted molar refractivity (Wildman–Crippen MR) is 134 cm³/mol. The molecule has 0 atom stereocenters. The van der Waals surface area contributed by atoms with E-state index in [0.717, 1.165) is 5.69 Å². The minimum Gasteiger partial charge on any atom is -0.505 e. The van der Waals surface area contributed by atoms with Gasteiger partial charge >= 0.3 is 11.9 Å². The first-order valence-electron chi connectivity index (χ1n) is 10.7. The lowest BCUT2D eigenvalue weighted by atomic mass is 10.1. The molecular weight excluding hydrogens is 464 g/mol. The largest absolute Gasteiger partial charge is 0.505 e. The average Bonchev–Trinajstić information content (AvgIpc) is 2.92. The second-order valence-corrected chi connectivity index (χ2v) is 7.26. The highest BCUT2D eigenvalue weighted by Crippen LogP contribution is 2.26. The van der Waals surface area contributed by atoms with Gasteiger partial charge in [-0.25, -0.2) is 9.59 Å². The van der Waals surface area contributed by atoms with Crippen LogP contribution in [0.25, 0.3) is 5.76 Å². The van der Waals surface area contributed by atoms with Crippen LogP contribution in [-0.2, 0) is 14.3 Å². The van der Waals surface area contributed by atoms with Gasteiger partial charge in [0.1, 0.15) is 5.69 Å². The van der Waals surface area contributed by atoms with E-state index in [1.807, 2.05) is 0 Å². The maximum atomic E-state index is 13.1. The van der Waals surface area contributed by atoms with Gasteiger partial charge in [-0.1, -0.05) is 18.2 Å². The van der Waals surface area contributed by atoms with Crippen molar-refractivity contribution in [3.63, 3.8) is 0 Å². The molecule has 10 heteroatoms. The highest BCUT2D eigenvalue weighted by atomic mass is 16.5. The van der Waals surface area contributed by atoms with E-state index >= 15 is 0 Å². The fourth-order valence-corrected chi connectivity index (χ4v) is 3.09. The Labute approximate surface area is 207 Å². The van der Waals surface area contributed by atoms with E-state index < -0.39 is 29.3 Å². The molecule has 0 aromatic heterocycles. The van der Waals surface area contributed by atoms with Crippen LogP contribution in [0.4, 0.5) is 17.1 Å². The first-order valence-corrected chi connectivity index (χ1v) is 10.7. The van der Waals surface area contributed by atoms with Crippen LogP contribution in [0.3, 0.4) is 0 Å². The smallest absolute Gasteiger partial charge is 0.340 e. The lowest BCUT2D eigenvalue weighted by Gasteiger charge is -2.09. The molecule has 0 unspecified atom stereocenters. The van der Waals surface area contributed by atoms with Gasteiger partial charge in [-0.3, -0.25) is 4.79 Å². The lowest BCUT2D eigenvalue weighted by molar-refractivity contribution is -0.112. The number of carbonyl (C=O) groups is 3. The van der Waals surface area contributed by atoms with Crippen LogP contribution in [0.1, 0.15) is 26.3 Å². The number of carbonyl (C=O) groups excluding carboxylic acids is 3. The molecule has 10 nitrogen and oxygen atoms in total. The van der Waals surface area contributed by atoms with E-state index in [1.165, 1.54) is 32.4 Å². The molecule has 0 heterocycles. The molecule has 1 amide bonds. The summed E-state index contributed by atoms with van der Waals surface area (Å²) in [7, 11) is 4.15. The molecule has 0 radical (unpaired) electrons. The van der Waals surface area contributed by atoms with Gasteiger partial charge in [0.2, 0.25) is 0 Å². The fourth-order valence-electron chi connectivity index (χ4n) is 3.09. The third-order valence-corrected chi connectivity index (χ3v) is 5.00. The summed E-state index contributed by atoms with van der Waals surface area (Å²) < 4.78 is 9.49. The molecule has 0 spiro atoms. The van der Waals surface area contributed by atoms with Gasteiger partial charge in [0.25, 0.3) is 5.91 Å². The van der Waals surface area contributed by atoms with Crippen LogP contribution in [0.15, 0.2) is 88.7 Å². The number of ether oxygens (including phenoxy) is 2. The Morgan fingerprint density at radius 1 is 0.806 bits per heavy atom. The summed E-state index contributed by atoms with van der Waals surface area (Å²) in [6.07, 6.45) is 0. The quantitative estimate of drug-likeness (QED) is 0.176. The maximum Gasteiger partial charge on any atom is 0.340 e. The number of nitrogens with zero attached hydrogens (tertiary/aromatic N) is 2. The van der Waals surface area contributed by atoms with Crippen LogP contribution in [0.5, 0.6) is 0 Å². The van der Waals surface area contributed by atoms with Crippen molar-refractivity contribution in [1.82, 2.24) is 0 Å². The van der Waals surface area contributed by atoms with Crippen LogP contribution >= 0.6 is 0 Å². The molecule has 0 aliphatic rings. The molecule has 184 valence electrons. The Bertz CT molecular complexity index is 1320. The summed E-state index contributed by atoms with van der Waals surface area (Å²) in [6.45, 7) is 0. The summed E-state index contributed by atoms with van der Waals surface area (Å²) >= 11 is 0. The second kappa shape index (κ2) is 11.9. The van der Waals surface area contributed by atoms with Crippen molar-refractivity contribution in [2.75, 3.05) is 31.9 Å². The van der Waals surface area contributed by atoms with E-state index in [9.17, 15) is 19.5 Å². The normalized spacial score (nSPS) is 11.4. The SMILES string of the molecule is CNc1ccc(C(O)=C(N=Nc2cc(C(=O)OC)ccc2C(=O)OC)C(=O)Nc2ccccc2)cc1. The van der Waals surface area contributed by atoms with Crippen molar-refractivity contribution in [1.29, 1.82) is 0 Å².